The number of amides is 1. The summed E-state index contributed by atoms with van der Waals surface area (Å²) < 4.78 is 27.8. The Hall–Kier alpha value is -1.47. The van der Waals surface area contributed by atoms with Gasteiger partial charge in [0.2, 0.25) is 0 Å². The normalized spacial score (nSPS) is 10.5. The van der Waals surface area contributed by atoms with Gasteiger partial charge >= 0.3 is 0 Å². The van der Waals surface area contributed by atoms with Crippen molar-refractivity contribution >= 4 is 38.9 Å². The highest BCUT2D eigenvalue weighted by Gasteiger charge is 2.14. The number of thiophene rings is 1. The first-order valence-corrected chi connectivity index (χ1v) is 6.91. The highest BCUT2D eigenvalue weighted by molar-refractivity contribution is 9.10. The smallest absolute Gasteiger partial charge is 0.251 e. The summed E-state index contributed by atoms with van der Waals surface area (Å²) >= 11 is 4.84. The molecule has 0 saturated heterocycles. The van der Waals surface area contributed by atoms with Gasteiger partial charge in [0, 0.05) is 15.4 Å². The molecule has 0 saturated carbocycles. The van der Waals surface area contributed by atoms with E-state index in [1.165, 1.54) is 11.3 Å². The van der Waals surface area contributed by atoms with Crippen LogP contribution in [0.5, 0.6) is 0 Å². The highest BCUT2D eigenvalue weighted by atomic mass is 79.9. The van der Waals surface area contributed by atoms with Crippen LogP contribution in [0, 0.1) is 11.6 Å². The second kappa shape index (κ2) is 5.66. The van der Waals surface area contributed by atoms with E-state index in [1.54, 1.807) is 0 Å². The minimum atomic E-state index is -0.965. The number of nitrogens with two attached hydrogens (primary N) is 1. The van der Waals surface area contributed by atoms with E-state index in [1.807, 2.05) is 11.4 Å². The molecule has 0 bridgehead atoms. The molecule has 7 heteroatoms. The molecule has 0 fully saturated rings. The molecule has 0 aliphatic carbocycles. The number of primary amides is 1. The quantitative estimate of drug-likeness (QED) is 0.890. The van der Waals surface area contributed by atoms with Crippen molar-refractivity contribution in [1.29, 1.82) is 0 Å². The van der Waals surface area contributed by atoms with Crippen LogP contribution in [0.3, 0.4) is 0 Å². The maximum absolute atomic E-state index is 13.6. The van der Waals surface area contributed by atoms with Gasteiger partial charge in [0.25, 0.3) is 5.91 Å². The van der Waals surface area contributed by atoms with Gasteiger partial charge in [-0.15, -0.1) is 11.3 Å². The van der Waals surface area contributed by atoms with E-state index in [0.717, 1.165) is 15.4 Å². The van der Waals surface area contributed by atoms with Crippen LogP contribution in [0.1, 0.15) is 15.2 Å². The summed E-state index contributed by atoms with van der Waals surface area (Å²) in [6.45, 7) is 0.360. The second-order valence-electron chi connectivity index (χ2n) is 3.72. The summed E-state index contributed by atoms with van der Waals surface area (Å²) in [6.07, 6.45) is 0. The molecule has 0 spiro atoms. The molecule has 19 heavy (non-hydrogen) atoms. The van der Waals surface area contributed by atoms with Crippen LogP contribution < -0.4 is 11.1 Å². The van der Waals surface area contributed by atoms with Crippen molar-refractivity contribution in [1.82, 2.24) is 0 Å². The zero-order chi connectivity index (χ0) is 14.0. The number of hydrogen-bond donors (Lipinski definition) is 2. The first-order chi connectivity index (χ1) is 8.99. The third-order valence-electron chi connectivity index (χ3n) is 2.45. The average Bonchev–Trinajstić information content (AvgIpc) is 2.73. The lowest BCUT2D eigenvalue weighted by molar-refractivity contribution is 0.0996. The lowest BCUT2D eigenvalue weighted by Crippen LogP contribution is -2.14. The van der Waals surface area contributed by atoms with Crippen LogP contribution in [0.4, 0.5) is 14.5 Å². The summed E-state index contributed by atoms with van der Waals surface area (Å²) in [7, 11) is 0. The largest absolute Gasteiger partial charge is 0.378 e. The molecular formula is C12H9BrF2N2OS. The number of nitrogens with one attached hydrogen (secondary N) is 1. The average molecular weight is 347 g/mol. The number of rotatable bonds is 4. The van der Waals surface area contributed by atoms with Crippen molar-refractivity contribution in [2.75, 3.05) is 5.32 Å². The first kappa shape index (κ1) is 14.0. The van der Waals surface area contributed by atoms with Crippen LogP contribution in [-0.4, -0.2) is 5.91 Å². The molecule has 0 aliphatic rings. The molecule has 2 rings (SSSR count). The lowest BCUT2D eigenvalue weighted by Gasteiger charge is -2.09. The second-order valence-corrected chi connectivity index (χ2v) is 5.58. The van der Waals surface area contributed by atoms with Gasteiger partial charge in [-0.1, -0.05) is 0 Å². The monoisotopic (exact) mass is 346 g/mol. The minimum Gasteiger partial charge on any atom is -0.378 e. The Morgan fingerprint density at radius 3 is 2.68 bits per heavy atom. The SMILES string of the molecule is NC(=O)c1cc(NCc2sccc2Br)c(F)cc1F. The zero-order valence-electron chi connectivity index (χ0n) is 9.54. The molecule has 0 aliphatic heterocycles. The summed E-state index contributed by atoms with van der Waals surface area (Å²) in [4.78, 5) is 12.0. The number of carbonyl (C=O) groups is 1. The van der Waals surface area contributed by atoms with Crippen molar-refractivity contribution in [2.45, 2.75) is 6.54 Å². The maximum Gasteiger partial charge on any atom is 0.251 e. The first-order valence-electron chi connectivity index (χ1n) is 5.23. The van der Waals surface area contributed by atoms with Gasteiger partial charge in [-0.25, -0.2) is 8.78 Å². The number of anilines is 1. The third-order valence-corrected chi connectivity index (χ3v) is 4.38. The van der Waals surface area contributed by atoms with Crippen molar-refractivity contribution < 1.29 is 13.6 Å². The van der Waals surface area contributed by atoms with E-state index < -0.39 is 17.5 Å². The molecule has 3 N–H and O–H groups in total. The Kier molecular flexibility index (Phi) is 4.16. The van der Waals surface area contributed by atoms with Crippen molar-refractivity contribution in [3.05, 3.63) is 50.1 Å². The predicted molar refractivity (Wildman–Crippen MR) is 74.2 cm³/mol. The fourth-order valence-electron chi connectivity index (χ4n) is 1.50. The third kappa shape index (κ3) is 3.10. The molecule has 0 unspecified atom stereocenters. The van der Waals surface area contributed by atoms with Gasteiger partial charge in [-0.2, -0.15) is 0 Å². The number of benzene rings is 1. The lowest BCUT2D eigenvalue weighted by atomic mass is 10.1. The van der Waals surface area contributed by atoms with Crippen LogP contribution >= 0.6 is 27.3 Å². The summed E-state index contributed by atoms with van der Waals surface area (Å²) in [5.41, 5.74) is 4.71. The predicted octanol–water partition coefficient (Wildman–Crippen LogP) is 3.50. The van der Waals surface area contributed by atoms with Crippen molar-refractivity contribution in [3.8, 4) is 0 Å². The minimum absolute atomic E-state index is 0.0375. The van der Waals surface area contributed by atoms with E-state index >= 15 is 0 Å². The van der Waals surface area contributed by atoms with Gasteiger partial charge in [0.15, 0.2) is 0 Å². The summed E-state index contributed by atoms with van der Waals surface area (Å²) in [5, 5.41) is 4.70. The van der Waals surface area contributed by atoms with E-state index in [9.17, 15) is 13.6 Å². The Morgan fingerprint density at radius 1 is 1.37 bits per heavy atom. The van der Waals surface area contributed by atoms with Gasteiger partial charge in [0.1, 0.15) is 11.6 Å². The molecule has 3 nitrogen and oxygen atoms in total. The molecule has 1 aromatic heterocycles. The Balaban J connectivity index is 2.23. The fourth-order valence-corrected chi connectivity index (χ4v) is 2.93. The molecular weight excluding hydrogens is 338 g/mol. The number of halogens is 3. The van der Waals surface area contributed by atoms with Crippen LogP contribution in [0.25, 0.3) is 0 Å². The van der Waals surface area contributed by atoms with Gasteiger partial charge in [-0.3, -0.25) is 4.79 Å². The zero-order valence-corrected chi connectivity index (χ0v) is 11.9. The molecule has 1 aromatic carbocycles. The van der Waals surface area contributed by atoms with Crippen LogP contribution in [-0.2, 0) is 6.54 Å². The summed E-state index contributed by atoms with van der Waals surface area (Å²) in [6, 6.07) is 3.60. The van der Waals surface area contributed by atoms with Crippen LogP contribution in [0.2, 0.25) is 0 Å². The Morgan fingerprint density at radius 2 is 2.11 bits per heavy atom. The van der Waals surface area contributed by atoms with Gasteiger partial charge in [-0.05, 0) is 33.4 Å². The van der Waals surface area contributed by atoms with Crippen molar-refractivity contribution in [3.63, 3.8) is 0 Å². The summed E-state index contributed by atoms with van der Waals surface area (Å²) in [5.74, 6) is -2.67. The number of carbonyl (C=O) groups excluding carboxylic acids is 1. The molecule has 2 aromatic rings. The van der Waals surface area contributed by atoms with Gasteiger partial charge in [0.05, 0.1) is 17.8 Å². The van der Waals surface area contributed by atoms with E-state index in [4.69, 9.17) is 5.73 Å². The highest BCUT2D eigenvalue weighted by Crippen LogP contribution is 2.25. The van der Waals surface area contributed by atoms with E-state index in [-0.39, 0.29) is 11.3 Å². The topological polar surface area (TPSA) is 55.1 Å². The van der Waals surface area contributed by atoms with Crippen molar-refractivity contribution in [2.24, 2.45) is 5.73 Å². The Bertz CT molecular complexity index is 630. The van der Waals surface area contributed by atoms with E-state index in [0.29, 0.717) is 12.6 Å². The van der Waals surface area contributed by atoms with Crippen LogP contribution in [0.15, 0.2) is 28.1 Å². The molecule has 100 valence electrons. The molecule has 0 atom stereocenters. The number of hydrogen-bond acceptors (Lipinski definition) is 3. The Labute approximate surface area is 120 Å². The molecule has 1 heterocycles. The van der Waals surface area contributed by atoms with Gasteiger partial charge < -0.3 is 11.1 Å². The molecule has 0 radical (unpaired) electrons. The maximum atomic E-state index is 13.6. The molecule has 1 amide bonds. The van der Waals surface area contributed by atoms with E-state index in [2.05, 4.69) is 21.2 Å². The fraction of sp³-hybridized carbons (Fsp3) is 0.0833. The standard InChI is InChI=1S/C12H9BrF2N2OS/c13-7-1-2-19-11(7)5-17-10-3-6(12(16)18)8(14)4-9(10)15/h1-4,17H,5H2,(H2,16,18).